The van der Waals surface area contributed by atoms with Crippen LogP contribution in [0.1, 0.15) is 35.1 Å². The van der Waals surface area contributed by atoms with E-state index in [0.29, 0.717) is 11.3 Å². The van der Waals surface area contributed by atoms with E-state index in [4.69, 9.17) is 10.5 Å². The fraction of sp³-hybridized carbons (Fsp3) is 0.267. The maximum absolute atomic E-state index is 12.3. The summed E-state index contributed by atoms with van der Waals surface area (Å²) in [6, 6.07) is 10.3. The number of carbonyl (C=O) groups excluding carboxylic acids is 1. The molecule has 4 heteroatoms. The molecule has 1 heterocycles. The lowest BCUT2D eigenvalue weighted by atomic mass is 10.0. The second-order valence-electron chi connectivity index (χ2n) is 4.55. The van der Waals surface area contributed by atoms with Crippen molar-refractivity contribution in [3.63, 3.8) is 0 Å². The van der Waals surface area contributed by atoms with Gasteiger partial charge in [0.2, 0.25) is 0 Å². The molecule has 2 rings (SSSR count). The Bertz CT molecular complexity index is 549. The first-order valence-corrected chi connectivity index (χ1v) is 7.06. The lowest BCUT2D eigenvalue weighted by molar-refractivity contribution is 0.0962. The lowest BCUT2D eigenvalue weighted by Crippen LogP contribution is -2.20. The average molecular weight is 275 g/mol. The Kier molecular flexibility index (Phi) is 4.35. The van der Waals surface area contributed by atoms with E-state index in [1.54, 1.807) is 12.1 Å². The minimum absolute atomic E-state index is 0.0799. The summed E-state index contributed by atoms with van der Waals surface area (Å²) in [7, 11) is 0. The smallest absolute Gasteiger partial charge is 0.184 e. The van der Waals surface area contributed by atoms with Gasteiger partial charge in [0.15, 0.2) is 5.78 Å². The van der Waals surface area contributed by atoms with Crippen LogP contribution < -0.4 is 10.5 Å². The number of Topliss-reactive ketones (excluding diaryl/α,β-unsaturated/α-hetero) is 1. The van der Waals surface area contributed by atoms with Crippen molar-refractivity contribution in [3.8, 4) is 5.75 Å². The molecule has 100 valence electrons. The molecule has 2 aromatic rings. The molecule has 2 N–H and O–H groups in total. The summed E-state index contributed by atoms with van der Waals surface area (Å²) >= 11 is 1.49. The molecule has 0 amide bonds. The van der Waals surface area contributed by atoms with E-state index in [-0.39, 0.29) is 11.9 Å². The maximum Gasteiger partial charge on any atom is 0.184 e. The van der Waals surface area contributed by atoms with Gasteiger partial charge < -0.3 is 10.5 Å². The Morgan fingerprint density at radius 3 is 2.68 bits per heavy atom. The quantitative estimate of drug-likeness (QED) is 0.851. The van der Waals surface area contributed by atoms with Gasteiger partial charge in [-0.1, -0.05) is 18.2 Å². The molecule has 0 saturated heterocycles. The third-order valence-corrected chi connectivity index (χ3v) is 3.58. The monoisotopic (exact) mass is 275 g/mol. The minimum Gasteiger partial charge on any atom is -0.491 e. The standard InChI is InChI=1S/C15H17NO2S/c1-10(2)18-12-6-3-5-11(9-12)15(17)14(16)13-7-4-8-19-13/h3-10,14H,16H2,1-2H3. The van der Waals surface area contributed by atoms with Crippen LogP contribution in [0.25, 0.3) is 0 Å². The van der Waals surface area contributed by atoms with E-state index in [9.17, 15) is 4.79 Å². The third kappa shape index (κ3) is 3.43. The molecule has 0 spiro atoms. The Balaban J connectivity index is 2.19. The highest BCUT2D eigenvalue weighted by atomic mass is 32.1. The molecule has 0 aliphatic heterocycles. The fourth-order valence-corrected chi connectivity index (χ4v) is 2.50. The summed E-state index contributed by atoms with van der Waals surface area (Å²) in [5.74, 6) is 0.607. The summed E-state index contributed by atoms with van der Waals surface area (Å²) in [5.41, 5.74) is 6.57. The second kappa shape index (κ2) is 5.99. The zero-order valence-corrected chi connectivity index (χ0v) is 11.8. The van der Waals surface area contributed by atoms with Crippen LogP contribution in [-0.4, -0.2) is 11.9 Å². The second-order valence-corrected chi connectivity index (χ2v) is 5.53. The highest BCUT2D eigenvalue weighted by Crippen LogP contribution is 2.23. The first-order valence-electron chi connectivity index (χ1n) is 6.18. The van der Waals surface area contributed by atoms with E-state index in [2.05, 4.69) is 0 Å². The zero-order valence-electron chi connectivity index (χ0n) is 11.0. The Hall–Kier alpha value is -1.65. The van der Waals surface area contributed by atoms with Gasteiger partial charge in [0.1, 0.15) is 11.8 Å². The van der Waals surface area contributed by atoms with Gasteiger partial charge in [0, 0.05) is 10.4 Å². The van der Waals surface area contributed by atoms with Gasteiger partial charge in [0.05, 0.1) is 6.10 Å². The Morgan fingerprint density at radius 1 is 1.26 bits per heavy atom. The van der Waals surface area contributed by atoms with Gasteiger partial charge in [0.25, 0.3) is 0 Å². The average Bonchev–Trinajstić information content (AvgIpc) is 2.90. The zero-order chi connectivity index (χ0) is 13.8. The van der Waals surface area contributed by atoms with Crippen molar-refractivity contribution in [2.24, 2.45) is 5.73 Å². The van der Waals surface area contributed by atoms with Gasteiger partial charge in [-0.25, -0.2) is 0 Å². The molecule has 0 aliphatic carbocycles. The molecule has 1 unspecified atom stereocenters. The van der Waals surface area contributed by atoms with Crippen molar-refractivity contribution >= 4 is 17.1 Å². The van der Waals surface area contributed by atoms with Crippen LogP contribution in [0, 0.1) is 0 Å². The number of hydrogen-bond acceptors (Lipinski definition) is 4. The van der Waals surface area contributed by atoms with E-state index in [1.165, 1.54) is 11.3 Å². The van der Waals surface area contributed by atoms with Crippen molar-refractivity contribution in [2.75, 3.05) is 0 Å². The van der Waals surface area contributed by atoms with Gasteiger partial charge in [-0.3, -0.25) is 4.79 Å². The van der Waals surface area contributed by atoms with E-state index >= 15 is 0 Å². The fourth-order valence-electron chi connectivity index (χ4n) is 1.77. The van der Waals surface area contributed by atoms with Crippen LogP contribution in [0.5, 0.6) is 5.75 Å². The molecular formula is C15H17NO2S. The molecule has 1 atom stereocenters. The third-order valence-electron chi connectivity index (χ3n) is 2.62. The number of benzene rings is 1. The summed E-state index contributed by atoms with van der Waals surface area (Å²) in [6.45, 7) is 3.90. The van der Waals surface area contributed by atoms with Gasteiger partial charge in [-0.2, -0.15) is 0 Å². The Morgan fingerprint density at radius 2 is 2.05 bits per heavy atom. The molecule has 1 aromatic heterocycles. The summed E-state index contributed by atoms with van der Waals surface area (Å²) < 4.78 is 5.59. The number of rotatable bonds is 5. The molecule has 19 heavy (non-hydrogen) atoms. The summed E-state index contributed by atoms with van der Waals surface area (Å²) in [5, 5.41) is 1.92. The minimum atomic E-state index is -0.603. The van der Waals surface area contributed by atoms with Gasteiger partial charge in [-0.15, -0.1) is 11.3 Å². The first-order chi connectivity index (χ1) is 9.08. The number of carbonyl (C=O) groups is 1. The molecule has 1 aromatic carbocycles. The SMILES string of the molecule is CC(C)Oc1cccc(C(=O)C(N)c2cccs2)c1. The van der Waals surface area contributed by atoms with E-state index in [0.717, 1.165) is 4.88 Å². The van der Waals surface area contributed by atoms with Crippen LogP contribution in [0.15, 0.2) is 41.8 Å². The van der Waals surface area contributed by atoms with Crippen molar-refractivity contribution < 1.29 is 9.53 Å². The number of ketones is 1. The van der Waals surface area contributed by atoms with Crippen LogP contribution in [-0.2, 0) is 0 Å². The van der Waals surface area contributed by atoms with E-state index in [1.807, 2.05) is 43.5 Å². The predicted octanol–water partition coefficient (Wildman–Crippen LogP) is 3.42. The highest BCUT2D eigenvalue weighted by molar-refractivity contribution is 7.10. The molecule has 0 bridgehead atoms. The summed E-state index contributed by atoms with van der Waals surface area (Å²) in [6.07, 6.45) is 0.0799. The van der Waals surface area contributed by atoms with E-state index < -0.39 is 6.04 Å². The number of nitrogens with two attached hydrogens (primary N) is 1. The van der Waals surface area contributed by atoms with Gasteiger partial charge in [-0.05, 0) is 37.4 Å². The molecule has 0 aliphatic rings. The highest BCUT2D eigenvalue weighted by Gasteiger charge is 2.19. The Labute approximate surface area is 117 Å². The number of ether oxygens (including phenoxy) is 1. The first kappa shape index (κ1) is 13.8. The van der Waals surface area contributed by atoms with Gasteiger partial charge >= 0.3 is 0 Å². The number of thiophene rings is 1. The summed E-state index contributed by atoms with van der Waals surface area (Å²) in [4.78, 5) is 13.2. The van der Waals surface area contributed by atoms with Crippen LogP contribution in [0.3, 0.4) is 0 Å². The maximum atomic E-state index is 12.3. The largest absolute Gasteiger partial charge is 0.491 e. The molecular weight excluding hydrogens is 258 g/mol. The van der Waals surface area contributed by atoms with Crippen molar-refractivity contribution in [2.45, 2.75) is 26.0 Å². The topological polar surface area (TPSA) is 52.3 Å². The van der Waals surface area contributed by atoms with Crippen molar-refractivity contribution in [1.82, 2.24) is 0 Å². The molecule has 0 saturated carbocycles. The van der Waals surface area contributed by atoms with Crippen molar-refractivity contribution in [3.05, 3.63) is 52.2 Å². The lowest BCUT2D eigenvalue weighted by Gasteiger charge is -2.12. The van der Waals surface area contributed by atoms with Crippen molar-refractivity contribution in [1.29, 1.82) is 0 Å². The molecule has 0 fully saturated rings. The van der Waals surface area contributed by atoms with Crippen LogP contribution in [0.4, 0.5) is 0 Å². The number of hydrogen-bond donors (Lipinski definition) is 1. The molecule has 3 nitrogen and oxygen atoms in total. The predicted molar refractivity (Wildman–Crippen MR) is 77.8 cm³/mol. The molecule has 0 radical (unpaired) electrons. The van der Waals surface area contributed by atoms with Crippen LogP contribution >= 0.6 is 11.3 Å². The van der Waals surface area contributed by atoms with Crippen LogP contribution in [0.2, 0.25) is 0 Å². The normalized spacial score (nSPS) is 12.4.